The van der Waals surface area contributed by atoms with Gasteiger partial charge in [0.15, 0.2) is 0 Å². The molecule has 4 heteroatoms. The van der Waals surface area contributed by atoms with Crippen LogP contribution in [0.1, 0.15) is 12.8 Å². The van der Waals surface area contributed by atoms with Gasteiger partial charge in [-0.1, -0.05) is 0 Å². The first-order valence-electron chi connectivity index (χ1n) is 4.79. The molecule has 13 heavy (non-hydrogen) atoms. The number of nitrogens with two attached hydrogens (primary N) is 1. The Morgan fingerprint density at radius 1 is 1.62 bits per heavy atom. The fourth-order valence-electron chi connectivity index (χ4n) is 1.69. The highest BCUT2D eigenvalue weighted by Gasteiger charge is 2.25. The number of nitrogens with zero attached hydrogens (tertiary/aromatic N) is 2. The van der Waals surface area contributed by atoms with E-state index < -0.39 is 0 Å². The van der Waals surface area contributed by atoms with Crippen molar-refractivity contribution in [3.05, 3.63) is 0 Å². The lowest BCUT2D eigenvalue weighted by molar-refractivity contribution is -0.130. The van der Waals surface area contributed by atoms with Gasteiger partial charge in [-0.2, -0.15) is 0 Å². The van der Waals surface area contributed by atoms with E-state index in [1.54, 1.807) is 19.0 Å². The largest absolute Gasteiger partial charge is 0.348 e. The summed E-state index contributed by atoms with van der Waals surface area (Å²) in [6.07, 6.45) is 2.31. The smallest absolute Gasteiger partial charge is 0.236 e. The van der Waals surface area contributed by atoms with Crippen molar-refractivity contribution in [2.24, 2.45) is 5.73 Å². The third kappa shape index (κ3) is 2.67. The standard InChI is InChI=1S/C9H19N3O/c1-11(2)9(13)7-12-5-3-4-8(12)6-10/h8H,3-7,10H2,1-2H3. The van der Waals surface area contributed by atoms with Gasteiger partial charge >= 0.3 is 0 Å². The number of rotatable bonds is 3. The molecule has 0 aromatic heterocycles. The summed E-state index contributed by atoms with van der Waals surface area (Å²) >= 11 is 0. The molecule has 4 nitrogen and oxygen atoms in total. The molecule has 0 aromatic carbocycles. The molecule has 0 bridgehead atoms. The summed E-state index contributed by atoms with van der Waals surface area (Å²) < 4.78 is 0. The molecule has 1 rings (SSSR count). The predicted octanol–water partition coefficient (Wildman–Crippen LogP) is -0.502. The van der Waals surface area contributed by atoms with Crippen LogP contribution in [-0.4, -0.2) is 55.5 Å². The van der Waals surface area contributed by atoms with E-state index in [-0.39, 0.29) is 5.91 Å². The van der Waals surface area contributed by atoms with Gasteiger partial charge in [-0.15, -0.1) is 0 Å². The summed E-state index contributed by atoms with van der Waals surface area (Å²) in [5, 5.41) is 0. The summed E-state index contributed by atoms with van der Waals surface area (Å²) in [5.41, 5.74) is 5.61. The zero-order chi connectivity index (χ0) is 9.84. The monoisotopic (exact) mass is 185 g/mol. The SMILES string of the molecule is CN(C)C(=O)CN1CCCC1CN. The molecule has 0 spiro atoms. The predicted molar refractivity (Wildman–Crippen MR) is 52.3 cm³/mol. The molecule has 0 radical (unpaired) electrons. The van der Waals surface area contributed by atoms with Crippen LogP contribution in [0.15, 0.2) is 0 Å². The van der Waals surface area contributed by atoms with Gasteiger partial charge in [-0.3, -0.25) is 9.69 Å². The van der Waals surface area contributed by atoms with Crippen LogP contribution >= 0.6 is 0 Å². The van der Waals surface area contributed by atoms with Gasteiger partial charge in [0.1, 0.15) is 0 Å². The number of carbonyl (C=O) groups is 1. The van der Waals surface area contributed by atoms with Gasteiger partial charge in [0.25, 0.3) is 0 Å². The van der Waals surface area contributed by atoms with Crippen LogP contribution in [0.5, 0.6) is 0 Å². The molecule has 1 amide bonds. The molecule has 76 valence electrons. The average molecular weight is 185 g/mol. The quantitative estimate of drug-likeness (QED) is 0.645. The Morgan fingerprint density at radius 3 is 2.85 bits per heavy atom. The van der Waals surface area contributed by atoms with Crippen LogP contribution < -0.4 is 5.73 Å². The highest BCUT2D eigenvalue weighted by Crippen LogP contribution is 2.15. The van der Waals surface area contributed by atoms with Crippen LogP contribution in [0.4, 0.5) is 0 Å². The molecule has 1 unspecified atom stereocenters. The van der Waals surface area contributed by atoms with E-state index in [0.29, 0.717) is 19.1 Å². The first-order chi connectivity index (χ1) is 6.15. The van der Waals surface area contributed by atoms with E-state index in [0.717, 1.165) is 13.0 Å². The number of hydrogen-bond donors (Lipinski definition) is 1. The minimum absolute atomic E-state index is 0.167. The number of carbonyl (C=O) groups excluding carboxylic acids is 1. The fourth-order valence-corrected chi connectivity index (χ4v) is 1.69. The fraction of sp³-hybridized carbons (Fsp3) is 0.889. The normalized spacial score (nSPS) is 23.5. The van der Waals surface area contributed by atoms with Crippen molar-refractivity contribution in [1.29, 1.82) is 0 Å². The van der Waals surface area contributed by atoms with Crippen LogP contribution in [-0.2, 0) is 4.79 Å². The van der Waals surface area contributed by atoms with Crippen LogP contribution in [0.2, 0.25) is 0 Å². The average Bonchev–Trinajstić information content (AvgIpc) is 2.51. The van der Waals surface area contributed by atoms with Crippen molar-refractivity contribution < 1.29 is 4.79 Å². The summed E-state index contributed by atoms with van der Waals surface area (Å²) in [7, 11) is 3.58. The van der Waals surface area contributed by atoms with E-state index >= 15 is 0 Å². The number of likely N-dealkylation sites (tertiary alicyclic amines) is 1. The molecule has 1 fully saturated rings. The molecule has 0 aromatic rings. The molecule has 1 atom stereocenters. The van der Waals surface area contributed by atoms with Crippen molar-refractivity contribution in [3.63, 3.8) is 0 Å². The van der Waals surface area contributed by atoms with Crippen molar-refractivity contribution in [2.45, 2.75) is 18.9 Å². The Labute approximate surface area is 79.7 Å². The number of amides is 1. The Balaban J connectivity index is 2.39. The molecule has 0 aliphatic carbocycles. The third-order valence-corrected chi connectivity index (χ3v) is 2.61. The second kappa shape index (κ2) is 4.58. The molecule has 0 saturated carbocycles. The lowest BCUT2D eigenvalue weighted by Gasteiger charge is -2.23. The van der Waals surface area contributed by atoms with Gasteiger partial charge in [-0.05, 0) is 19.4 Å². The molecule has 1 aliphatic rings. The minimum Gasteiger partial charge on any atom is -0.348 e. The van der Waals surface area contributed by atoms with Gasteiger partial charge in [0.05, 0.1) is 6.54 Å². The van der Waals surface area contributed by atoms with Crippen molar-refractivity contribution in [1.82, 2.24) is 9.80 Å². The van der Waals surface area contributed by atoms with E-state index in [4.69, 9.17) is 5.73 Å². The zero-order valence-corrected chi connectivity index (χ0v) is 8.49. The summed E-state index contributed by atoms with van der Waals surface area (Å²) in [4.78, 5) is 15.2. The molecular formula is C9H19N3O. The highest BCUT2D eigenvalue weighted by atomic mass is 16.2. The highest BCUT2D eigenvalue weighted by molar-refractivity contribution is 5.77. The van der Waals surface area contributed by atoms with Crippen molar-refractivity contribution in [3.8, 4) is 0 Å². The summed E-state index contributed by atoms with van der Waals surface area (Å²) in [6.45, 7) is 2.21. The summed E-state index contributed by atoms with van der Waals surface area (Å²) in [6, 6.07) is 0.420. The Hall–Kier alpha value is -0.610. The molecule has 2 N–H and O–H groups in total. The van der Waals surface area contributed by atoms with Crippen LogP contribution in [0, 0.1) is 0 Å². The van der Waals surface area contributed by atoms with Gasteiger partial charge < -0.3 is 10.6 Å². The first kappa shape index (κ1) is 10.5. The lowest BCUT2D eigenvalue weighted by atomic mass is 10.2. The van der Waals surface area contributed by atoms with Crippen LogP contribution in [0.25, 0.3) is 0 Å². The van der Waals surface area contributed by atoms with Crippen molar-refractivity contribution in [2.75, 3.05) is 33.7 Å². The Kier molecular flexibility index (Phi) is 3.69. The van der Waals surface area contributed by atoms with Crippen molar-refractivity contribution >= 4 is 5.91 Å². The van der Waals surface area contributed by atoms with Gasteiger partial charge in [0.2, 0.25) is 5.91 Å². The maximum Gasteiger partial charge on any atom is 0.236 e. The number of hydrogen-bond acceptors (Lipinski definition) is 3. The maximum atomic E-state index is 11.4. The molecular weight excluding hydrogens is 166 g/mol. The minimum atomic E-state index is 0.167. The Bertz CT molecular complexity index is 182. The van der Waals surface area contributed by atoms with Gasteiger partial charge in [0, 0.05) is 26.7 Å². The van der Waals surface area contributed by atoms with E-state index in [9.17, 15) is 4.79 Å². The lowest BCUT2D eigenvalue weighted by Crippen LogP contribution is -2.42. The van der Waals surface area contributed by atoms with E-state index in [1.165, 1.54) is 6.42 Å². The summed E-state index contributed by atoms with van der Waals surface area (Å²) in [5.74, 6) is 0.167. The zero-order valence-electron chi connectivity index (χ0n) is 8.49. The molecule has 1 aliphatic heterocycles. The second-order valence-electron chi connectivity index (χ2n) is 3.79. The molecule has 1 saturated heterocycles. The topological polar surface area (TPSA) is 49.6 Å². The third-order valence-electron chi connectivity index (χ3n) is 2.61. The number of likely N-dealkylation sites (N-methyl/N-ethyl adjacent to an activating group) is 1. The molecule has 1 heterocycles. The maximum absolute atomic E-state index is 11.4. The first-order valence-corrected chi connectivity index (χ1v) is 4.79. The second-order valence-corrected chi connectivity index (χ2v) is 3.79. The van der Waals surface area contributed by atoms with E-state index in [2.05, 4.69) is 4.90 Å². The Morgan fingerprint density at radius 2 is 2.31 bits per heavy atom. The van der Waals surface area contributed by atoms with Gasteiger partial charge in [-0.25, -0.2) is 0 Å². The van der Waals surface area contributed by atoms with Crippen LogP contribution in [0.3, 0.4) is 0 Å². The van der Waals surface area contributed by atoms with E-state index in [1.807, 2.05) is 0 Å².